The van der Waals surface area contributed by atoms with E-state index in [-0.39, 0.29) is 5.69 Å². The normalized spacial score (nSPS) is 10.6. The molecule has 1 aromatic heterocycles. The number of nitrogens with two attached hydrogens (primary N) is 1. The first-order valence-electron chi connectivity index (χ1n) is 5.63. The highest BCUT2D eigenvalue weighted by Gasteiger charge is 2.03. The van der Waals surface area contributed by atoms with Gasteiger partial charge in [0.1, 0.15) is 5.69 Å². The summed E-state index contributed by atoms with van der Waals surface area (Å²) in [5.41, 5.74) is 7.90. The van der Waals surface area contributed by atoms with Gasteiger partial charge in [0, 0.05) is 6.20 Å². The van der Waals surface area contributed by atoms with E-state index in [1.807, 2.05) is 32.0 Å². The monoisotopic (exact) mass is 245 g/mol. The van der Waals surface area contributed by atoms with Gasteiger partial charge in [-0.05, 0) is 30.5 Å². The van der Waals surface area contributed by atoms with Gasteiger partial charge in [0.2, 0.25) is 0 Å². The predicted octanol–water partition coefficient (Wildman–Crippen LogP) is 0.784. The number of aryl methyl sites for hydroxylation is 2. The maximum atomic E-state index is 11.6. The first-order valence-corrected chi connectivity index (χ1v) is 5.63. The highest BCUT2D eigenvalue weighted by molar-refractivity contribution is 5.32. The average Bonchev–Trinajstić information content (AvgIpc) is 2.31. The van der Waals surface area contributed by atoms with Crippen molar-refractivity contribution in [1.82, 2.24) is 9.55 Å². The lowest BCUT2D eigenvalue weighted by Gasteiger charge is -2.08. The molecule has 5 nitrogen and oxygen atoms in total. The Labute approximate surface area is 104 Å². The Kier molecular flexibility index (Phi) is 3.06. The second-order valence-electron chi connectivity index (χ2n) is 4.39. The van der Waals surface area contributed by atoms with Gasteiger partial charge >= 0.3 is 5.69 Å². The second kappa shape index (κ2) is 4.52. The molecule has 0 atom stereocenters. The fraction of sp³-hybridized carbons (Fsp3) is 0.231. The summed E-state index contributed by atoms with van der Waals surface area (Å²) in [6.45, 7) is 4.44. The topological polar surface area (TPSA) is 80.9 Å². The summed E-state index contributed by atoms with van der Waals surface area (Å²) in [5, 5.41) is 0. The van der Waals surface area contributed by atoms with Gasteiger partial charge in [-0.3, -0.25) is 14.3 Å². The highest BCUT2D eigenvalue weighted by atomic mass is 16.2. The number of H-pyrrole nitrogens is 1. The number of anilines is 1. The summed E-state index contributed by atoms with van der Waals surface area (Å²) in [5.74, 6) is 0. The molecule has 2 aromatic rings. The average molecular weight is 245 g/mol. The first kappa shape index (κ1) is 12.2. The largest absolute Gasteiger partial charge is 0.393 e. The van der Waals surface area contributed by atoms with Crippen LogP contribution >= 0.6 is 0 Å². The lowest BCUT2D eigenvalue weighted by atomic mass is 10.1. The van der Waals surface area contributed by atoms with E-state index in [0.29, 0.717) is 6.54 Å². The zero-order valence-electron chi connectivity index (χ0n) is 10.4. The third-order valence-electron chi connectivity index (χ3n) is 2.96. The van der Waals surface area contributed by atoms with Crippen LogP contribution in [0, 0.1) is 13.8 Å². The minimum absolute atomic E-state index is 0.0402. The Morgan fingerprint density at radius 3 is 2.61 bits per heavy atom. The molecule has 2 rings (SSSR count). The number of nitrogens with one attached hydrogen (secondary N) is 1. The van der Waals surface area contributed by atoms with E-state index in [4.69, 9.17) is 5.73 Å². The molecule has 0 saturated carbocycles. The lowest BCUT2D eigenvalue weighted by Crippen LogP contribution is -2.31. The van der Waals surface area contributed by atoms with Crippen LogP contribution in [0.1, 0.15) is 16.7 Å². The first-order chi connectivity index (χ1) is 8.47. The zero-order chi connectivity index (χ0) is 13.3. The van der Waals surface area contributed by atoms with Crippen LogP contribution in [-0.2, 0) is 6.54 Å². The molecule has 5 heteroatoms. The molecule has 94 valence electrons. The number of aromatic nitrogens is 2. The molecule has 0 fully saturated rings. The number of nitrogen functional groups attached to an aromatic ring is 1. The summed E-state index contributed by atoms with van der Waals surface area (Å²) < 4.78 is 1.39. The Morgan fingerprint density at radius 2 is 1.94 bits per heavy atom. The number of rotatable bonds is 2. The fourth-order valence-electron chi connectivity index (χ4n) is 1.74. The van der Waals surface area contributed by atoms with Gasteiger partial charge in [0.25, 0.3) is 5.56 Å². The van der Waals surface area contributed by atoms with Gasteiger partial charge in [-0.2, -0.15) is 0 Å². The fourth-order valence-corrected chi connectivity index (χ4v) is 1.74. The molecule has 0 bridgehead atoms. The number of benzene rings is 1. The summed E-state index contributed by atoms with van der Waals surface area (Å²) in [6, 6.07) is 5.98. The minimum atomic E-state index is -0.545. The lowest BCUT2D eigenvalue weighted by molar-refractivity contribution is 0.723. The van der Waals surface area contributed by atoms with Crippen molar-refractivity contribution in [2.75, 3.05) is 5.73 Å². The SMILES string of the molecule is Cc1ccc(Cn2cc(N)c(=O)[nH]c2=O)cc1C. The molecule has 0 amide bonds. The van der Waals surface area contributed by atoms with E-state index in [1.165, 1.54) is 16.3 Å². The van der Waals surface area contributed by atoms with Gasteiger partial charge in [-0.1, -0.05) is 18.2 Å². The molecule has 0 aliphatic heterocycles. The van der Waals surface area contributed by atoms with Crippen molar-refractivity contribution in [2.45, 2.75) is 20.4 Å². The molecular formula is C13H15N3O2. The van der Waals surface area contributed by atoms with Crippen LogP contribution in [0.25, 0.3) is 0 Å². The molecular weight excluding hydrogens is 230 g/mol. The van der Waals surface area contributed by atoms with Crippen molar-refractivity contribution in [2.24, 2.45) is 0 Å². The van der Waals surface area contributed by atoms with Crippen LogP contribution < -0.4 is 17.0 Å². The number of hydrogen-bond donors (Lipinski definition) is 2. The summed E-state index contributed by atoms with van der Waals surface area (Å²) in [6.07, 6.45) is 1.37. The molecule has 18 heavy (non-hydrogen) atoms. The Hall–Kier alpha value is -2.30. The van der Waals surface area contributed by atoms with Crippen molar-refractivity contribution in [1.29, 1.82) is 0 Å². The van der Waals surface area contributed by atoms with Crippen LogP contribution in [0.4, 0.5) is 5.69 Å². The van der Waals surface area contributed by atoms with E-state index >= 15 is 0 Å². The third-order valence-corrected chi connectivity index (χ3v) is 2.96. The summed E-state index contributed by atoms with van der Waals surface area (Å²) >= 11 is 0. The van der Waals surface area contributed by atoms with Crippen LogP contribution in [0.15, 0.2) is 34.0 Å². The van der Waals surface area contributed by atoms with Crippen molar-refractivity contribution in [3.05, 3.63) is 61.9 Å². The Bertz CT molecular complexity index is 698. The van der Waals surface area contributed by atoms with E-state index in [9.17, 15) is 9.59 Å². The maximum Gasteiger partial charge on any atom is 0.328 e. The molecule has 0 unspecified atom stereocenters. The second-order valence-corrected chi connectivity index (χ2v) is 4.39. The predicted molar refractivity (Wildman–Crippen MR) is 70.8 cm³/mol. The van der Waals surface area contributed by atoms with Crippen molar-refractivity contribution in [3.8, 4) is 0 Å². The molecule has 1 heterocycles. The molecule has 0 spiro atoms. The smallest absolute Gasteiger partial charge is 0.328 e. The van der Waals surface area contributed by atoms with Gasteiger partial charge in [0.15, 0.2) is 0 Å². The number of aromatic amines is 1. The Morgan fingerprint density at radius 1 is 1.22 bits per heavy atom. The van der Waals surface area contributed by atoms with Crippen molar-refractivity contribution < 1.29 is 0 Å². The quantitative estimate of drug-likeness (QED) is 0.820. The number of hydrogen-bond acceptors (Lipinski definition) is 3. The van der Waals surface area contributed by atoms with Crippen molar-refractivity contribution in [3.63, 3.8) is 0 Å². The van der Waals surface area contributed by atoms with E-state index in [2.05, 4.69) is 4.98 Å². The van der Waals surface area contributed by atoms with Gasteiger partial charge in [-0.25, -0.2) is 4.79 Å². The molecule has 0 aliphatic carbocycles. The maximum absolute atomic E-state index is 11.6. The van der Waals surface area contributed by atoms with Gasteiger partial charge in [0.05, 0.1) is 6.54 Å². The third kappa shape index (κ3) is 2.34. The summed E-state index contributed by atoms with van der Waals surface area (Å²) in [4.78, 5) is 24.9. The van der Waals surface area contributed by atoms with E-state index < -0.39 is 11.2 Å². The van der Waals surface area contributed by atoms with Crippen LogP contribution in [0.5, 0.6) is 0 Å². The molecule has 0 aliphatic rings. The highest BCUT2D eigenvalue weighted by Crippen LogP contribution is 2.10. The van der Waals surface area contributed by atoms with Crippen LogP contribution in [0.2, 0.25) is 0 Å². The molecule has 0 radical (unpaired) electrons. The van der Waals surface area contributed by atoms with Crippen LogP contribution in [-0.4, -0.2) is 9.55 Å². The van der Waals surface area contributed by atoms with Gasteiger partial charge < -0.3 is 5.73 Å². The Balaban J connectivity index is 2.40. The number of nitrogens with zero attached hydrogens (tertiary/aromatic N) is 1. The minimum Gasteiger partial charge on any atom is -0.393 e. The summed E-state index contributed by atoms with van der Waals surface area (Å²) in [7, 11) is 0. The molecule has 3 N–H and O–H groups in total. The van der Waals surface area contributed by atoms with Gasteiger partial charge in [-0.15, -0.1) is 0 Å². The van der Waals surface area contributed by atoms with Crippen molar-refractivity contribution >= 4 is 5.69 Å². The zero-order valence-corrected chi connectivity index (χ0v) is 10.4. The molecule has 0 saturated heterocycles. The standard InChI is InChI=1S/C13H15N3O2/c1-8-3-4-10(5-9(8)2)6-16-7-11(14)12(17)15-13(16)18/h3-5,7H,6,14H2,1-2H3,(H,15,17,18). The molecule has 1 aromatic carbocycles. The van der Waals surface area contributed by atoms with E-state index in [1.54, 1.807) is 0 Å². The van der Waals surface area contributed by atoms with E-state index in [0.717, 1.165) is 11.1 Å². The van der Waals surface area contributed by atoms with Crippen LogP contribution in [0.3, 0.4) is 0 Å².